The number of benzene rings is 2. The number of carbonyl (C=O) groups is 3. The van der Waals surface area contributed by atoms with E-state index in [0.29, 0.717) is 0 Å². The first-order valence-electron chi connectivity index (χ1n) is 9.56. The van der Waals surface area contributed by atoms with Crippen molar-refractivity contribution in [2.75, 3.05) is 6.61 Å². The van der Waals surface area contributed by atoms with Crippen molar-refractivity contribution in [2.45, 2.75) is 30.6 Å². The monoisotopic (exact) mass is 463 g/mol. The number of carbonyl (C=O) groups excluding carboxylic acids is 2. The first-order valence-corrected chi connectivity index (χ1v) is 9.56. The van der Waals surface area contributed by atoms with Crippen LogP contribution in [-0.2, 0) is 4.74 Å². The SMILES string of the molecule is N[C@@H]1[C@@H](O)[C@H](O)[C@@H](CO)O[C@H]1O.O=C(O)c1ccc2c(c1)C(=O)c1cc(O)cc(O)c1C2=O. The molecule has 0 aromatic heterocycles. The van der Waals surface area contributed by atoms with Crippen molar-refractivity contribution in [1.29, 1.82) is 0 Å². The number of carboxylic acid groups (broad SMARTS) is 1. The van der Waals surface area contributed by atoms with Crippen LogP contribution in [0.4, 0.5) is 0 Å². The molecule has 0 amide bonds. The van der Waals surface area contributed by atoms with Gasteiger partial charge in [-0.15, -0.1) is 0 Å². The van der Waals surface area contributed by atoms with E-state index in [-0.39, 0.29) is 33.6 Å². The molecule has 5 atom stereocenters. The minimum absolute atomic E-state index is 0.0264. The van der Waals surface area contributed by atoms with Gasteiger partial charge < -0.3 is 46.2 Å². The number of nitrogens with two attached hydrogens (primary N) is 1. The smallest absolute Gasteiger partial charge is 0.335 e. The molecule has 12 heteroatoms. The fourth-order valence-corrected chi connectivity index (χ4v) is 3.49. The van der Waals surface area contributed by atoms with Crippen LogP contribution in [0.3, 0.4) is 0 Å². The summed E-state index contributed by atoms with van der Waals surface area (Å²) >= 11 is 0. The molecule has 2 aliphatic rings. The maximum absolute atomic E-state index is 12.4. The van der Waals surface area contributed by atoms with Crippen molar-refractivity contribution in [3.05, 3.63) is 58.1 Å². The minimum atomic E-state index is -1.35. The summed E-state index contributed by atoms with van der Waals surface area (Å²) < 4.78 is 4.70. The number of aromatic carboxylic acids is 1. The van der Waals surface area contributed by atoms with Crippen LogP contribution in [0.25, 0.3) is 0 Å². The summed E-state index contributed by atoms with van der Waals surface area (Å²) in [5.41, 5.74) is 4.78. The summed E-state index contributed by atoms with van der Waals surface area (Å²) in [5.74, 6) is -3.27. The molecular weight excluding hydrogens is 442 g/mol. The first-order chi connectivity index (χ1) is 15.5. The highest BCUT2D eigenvalue weighted by Gasteiger charge is 2.41. The van der Waals surface area contributed by atoms with E-state index in [0.717, 1.165) is 18.2 Å². The van der Waals surface area contributed by atoms with Crippen LogP contribution in [0, 0.1) is 0 Å². The number of fused-ring (bicyclic) bond motifs is 2. The Balaban J connectivity index is 0.000000218. The van der Waals surface area contributed by atoms with Gasteiger partial charge in [-0.1, -0.05) is 0 Å². The van der Waals surface area contributed by atoms with Gasteiger partial charge in [-0.3, -0.25) is 9.59 Å². The maximum Gasteiger partial charge on any atom is 0.335 e. The lowest BCUT2D eigenvalue weighted by Gasteiger charge is -2.38. The Morgan fingerprint density at radius 3 is 2.21 bits per heavy atom. The number of carboxylic acids is 1. The molecule has 1 heterocycles. The Kier molecular flexibility index (Phi) is 6.78. The highest BCUT2D eigenvalue weighted by molar-refractivity contribution is 6.29. The zero-order valence-electron chi connectivity index (χ0n) is 16.8. The number of aliphatic hydroxyl groups excluding tert-OH is 4. The second-order valence-electron chi connectivity index (χ2n) is 7.42. The number of hydrogen-bond acceptors (Lipinski definition) is 11. The highest BCUT2D eigenvalue weighted by atomic mass is 16.6. The van der Waals surface area contributed by atoms with Crippen LogP contribution < -0.4 is 5.73 Å². The van der Waals surface area contributed by atoms with E-state index < -0.39 is 60.5 Å². The molecule has 33 heavy (non-hydrogen) atoms. The summed E-state index contributed by atoms with van der Waals surface area (Å²) in [6.07, 6.45) is -4.85. The number of phenolic OH excluding ortho intramolecular Hbond substituents is 2. The topological polar surface area (TPSA) is 228 Å². The Morgan fingerprint density at radius 2 is 1.61 bits per heavy atom. The Morgan fingerprint density at radius 1 is 0.939 bits per heavy atom. The Hall–Kier alpha value is -3.39. The normalized spacial score (nSPS) is 26.0. The van der Waals surface area contributed by atoms with Crippen molar-refractivity contribution in [3.8, 4) is 11.5 Å². The molecule has 0 spiro atoms. The molecule has 2 aromatic rings. The molecule has 1 fully saturated rings. The summed E-state index contributed by atoms with van der Waals surface area (Å²) in [5, 5.41) is 64.2. The molecule has 0 unspecified atom stereocenters. The average molecular weight is 463 g/mol. The fraction of sp³-hybridized carbons (Fsp3) is 0.286. The zero-order chi connectivity index (χ0) is 24.6. The van der Waals surface area contributed by atoms with E-state index in [1.54, 1.807) is 0 Å². The Labute approximate surface area is 185 Å². The van der Waals surface area contributed by atoms with Gasteiger partial charge in [0.05, 0.1) is 23.8 Å². The van der Waals surface area contributed by atoms with Crippen molar-refractivity contribution in [3.63, 3.8) is 0 Å². The molecule has 0 saturated carbocycles. The number of aliphatic hydroxyl groups is 4. The van der Waals surface area contributed by atoms with E-state index in [4.69, 9.17) is 25.8 Å². The standard InChI is InChI=1S/C15H8O6.C6H13NO5/c16-7-4-10-12(11(17)5-7)14(19)8-2-1-6(15(20)21)3-9(8)13(10)18;7-3-5(10)4(9)2(1-8)12-6(3)11/h1-5,16-17H,(H,20,21);2-6,8-11H,1,7H2/t;2-,3-,4-,5-,6-/m.1/s1. The lowest BCUT2D eigenvalue weighted by Crippen LogP contribution is -2.61. The number of ketones is 2. The van der Waals surface area contributed by atoms with Gasteiger partial charge in [-0.05, 0) is 24.3 Å². The van der Waals surface area contributed by atoms with Gasteiger partial charge in [0.15, 0.2) is 17.9 Å². The van der Waals surface area contributed by atoms with Gasteiger partial charge in [-0.25, -0.2) is 4.79 Å². The van der Waals surface area contributed by atoms with Crippen molar-refractivity contribution >= 4 is 17.5 Å². The molecule has 4 rings (SSSR count). The number of aromatic hydroxyl groups is 2. The van der Waals surface area contributed by atoms with Crippen LogP contribution in [0.2, 0.25) is 0 Å². The summed E-state index contributed by atoms with van der Waals surface area (Å²) in [7, 11) is 0. The predicted molar refractivity (Wildman–Crippen MR) is 108 cm³/mol. The zero-order valence-corrected chi connectivity index (χ0v) is 16.8. The van der Waals surface area contributed by atoms with E-state index in [1.165, 1.54) is 12.1 Å². The maximum atomic E-state index is 12.4. The molecule has 12 nitrogen and oxygen atoms in total. The molecule has 1 saturated heterocycles. The molecule has 176 valence electrons. The summed E-state index contributed by atoms with van der Waals surface area (Å²) in [6.45, 7) is -0.470. The van der Waals surface area contributed by atoms with Gasteiger partial charge in [0.1, 0.15) is 29.8 Å². The molecule has 1 aliphatic heterocycles. The van der Waals surface area contributed by atoms with Crippen LogP contribution in [0.5, 0.6) is 11.5 Å². The van der Waals surface area contributed by atoms with Gasteiger partial charge in [0.25, 0.3) is 0 Å². The van der Waals surface area contributed by atoms with Crippen LogP contribution >= 0.6 is 0 Å². The number of phenols is 2. The van der Waals surface area contributed by atoms with Crippen molar-refractivity contribution < 1.29 is 54.9 Å². The molecule has 9 N–H and O–H groups in total. The molecule has 0 radical (unpaired) electrons. The third kappa shape index (κ3) is 4.43. The summed E-state index contributed by atoms with van der Waals surface area (Å²) in [6, 6.07) is 4.58. The lowest BCUT2D eigenvalue weighted by atomic mass is 9.82. The minimum Gasteiger partial charge on any atom is -0.508 e. The van der Waals surface area contributed by atoms with E-state index in [9.17, 15) is 34.8 Å². The number of ether oxygens (including phenoxy) is 1. The molecule has 0 bridgehead atoms. The van der Waals surface area contributed by atoms with Gasteiger partial charge in [-0.2, -0.15) is 0 Å². The van der Waals surface area contributed by atoms with E-state index in [2.05, 4.69) is 0 Å². The van der Waals surface area contributed by atoms with E-state index in [1.807, 2.05) is 0 Å². The van der Waals surface area contributed by atoms with Gasteiger partial charge in [0, 0.05) is 22.8 Å². The van der Waals surface area contributed by atoms with Crippen molar-refractivity contribution in [2.24, 2.45) is 5.73 Å². The lowest BCUT2D eigenvalue weighted by molar-refractivity contribution is -0.248. The largest absolute Gasteiger partial charge is 0.508 e. The van der Waals surface area contributed by atoms with Crippen molar-refractivity contribution in [1.82, 2.24) is 0 Å². The number of hydrogen-bond donors (Lipinski definition) is 8. The van der Waals surface area contributed by atoms with E-state index >= 15 is 0 Å². The average Bonchev–Trinajstić information content (AvgIpc) is 2.78. The molecule has 1 aliphatic carbocycles. The highest BCUT2D eigenvalue weighted by Crippen LogP contribution is 2.35. The molecule has 2 aromatic carbocycles. The van der Waals surface area contributed by atoms with Crippen LogP contribution in [0.15, 0.2) is 30.3 Å². The number of rotatable bonds is 2. The van der Waals surface area contributed by atoms with Crippen LogP contribution in [-0.4, -0.2) is 90.5 Å². The fourth-order valence-electron chi connectivity index (χ4n) is 3.49. The van der Waals surface area contributed by atoms with Crippen LogP contribution in [0.1, 0.15) is 42.2 Å². The summed E-state index contributed by atoms with van der Waals surface area (Å²) in [4.78, 5) is 35.6. The van der Waals surface area contributed by atoms with Gasteiger partial charge in [0.2, 0.25) is 0 Å². The predicted octanol–water partition coefficient (Wildman–Crippen LogP) is -1.68. The second-order valence-corrected chi connectivity index (χ2v) is 7.42. The molecular formula is C21H21NO11. The third-order valence-corrected chi connectivity index (χ3v) is 5.28. The second kappa shape index (κ2) is 9.23. The van der Waals surface area contributed by atoms with Gasteiger partial charge >= 0.3 is 5.97 Å². The Bertz CT molecular complexity index is 1110. The quantitative estimate of drug-likeness (QED) is 0.213. The third-order valence-electron chi connectivity index (χ3n) is 5.28. The first kappa shape index (κ1) is 24.3.